The Balaban J connectivity index is 2.59. The van der Waals surface area contributed by atoms with E-state index in [-0.39, 0.29) is 5.91 Å². The van der Waals surface area contributed by atoms with Gasteiger partial charge in [-0.1, -0.05) is 0 Å². The molecule has 2 rings (SSSR count). The molecule has 5 heteroatoms. The average molecular weight is 251 g/mol. The van der Waals surface area contributed by atoms with E-state index in [1.54, 1.807) is 20.3 Å². The lowest BCUT2D eigenvalue weighted by molar-refractivity contribution is -0.142. The van der Waals surface area contributed by atoms with Gasteiger partial charge in [0, 0.05) is 11.6 Å². The summed E-state index contributed by atoms with van der Waals surface area (Å²) in [5.41, 5.74) is 6.45. The zero-order chi connectivity index (χ0) is 13.3. The molecule has 0 aliphatic carbocycles. The number of methoxy groups -OCH3 is 2. The van der Waals surface area contributed by atoms with Crippen molar-refractivity contribution in [3.8, 4) is 11.5 Å². The highest BCUT2D eigenvalue weighted by Gasteiger charge is 2.49. The summed E-state index contributed by atoms with van der Waals surface area (Å²) in [6.45, 7) is 2.50. The van der Waals surface area contributed by atoms with Gasteiger partial charge in [0.15, 0.2) is 0 Å². The fraction of sp³-hybridized carbons (Fsp3) is 0.462. The number of primary amides is 1. The summed E-state index contributed by atoms with van der Waals surface area (Å²) in [6.07, 6.45) is 0. The molecule has 0 unspecified atom stereocenters. The van der Waals surface area contributed by atoms with Gasteiger partial charge in [-0.3, -0.25) is 4.79 Å². The average Bonchev–Trinajstić information content (AvgIpc) is 2.28. The third kappa shape index (κ3) is 1.71. The Morgan fingerprint density at radius 1 is 1.33 bits per heavy atom. The number of benzene rings is 1. The van der Waals surface area contributed by atoms with Crippen molar-refractivity contribution < 1.29 is 19.0 Å². The van der Waals surface area contributed by atoms with Crippen LogP contribution in [0.15, 0.2) is 12.1 Å². The lowest BCUT2D eigenvalue weighted by atomic mass is 9.75. The first kappa shape index (κ1) is 12.7. The predicted molar refractivity (Wildman–Crippen MR) is 66.0 cm³/mol. The van der Waals surface area contributed by atoms with Gasteiger partial charge in [-0.2, -0.15) is 0 Å². The van der Waals surface area contributed by atoms with Crippen molar-refractivity contribution in [1.29, 1.82) is 0 Å². The van der Waals surface area contributed by atoms with E-state index in [4.69, 9.17) is 19.9 Å². The molecule has 1 aromatic carbocycles. The maximum Gasteiger partial charge on any atom is 0.232 e. The first-order valence-electron chi connectivity index (χ1n) is 5.66. The van der Waals surface area contributed by atoms with E-state index >= 15 is 0 Å². The zero-order valence-electron chi connectivity index (χ0n) is 10.8. The van der Waals surface area contributed by atoms with Gasteiger partial charge in [-0.25, -0.2) is 0 Å². The lowest BCUT2D eigenvalue weighted by Gasteiger charge is -2.40. The van der Waals surface area contributed by atoms with Gasteiger partial charge in [0.25, 0.3) is 0 Å². The predicted octanol–water partition coefficient (Wildman–Crippen LogP) is 0.766. The van der Waals surface area contributed by atoms with Crippen LogP contribution >= 0.6 is 0 Å². The molecule has 1 heterocycles. The van der Waals surface area contributed by atoms with Crippen molar-refractivity contribution >= 4 is 5.91 Å². The van der Waals surface area contributed by atoms with E-state index in [1.165, 1.54) is 0 Å². The first-order chi connectivity index (χ1) is 8.55. The van der Waals surface area contributed by atoms with E-state index < -0.39 is 5.41 Å². The summed E-state index contributed by atoms with van der Waals surface area (Å²) >= 11 is 0. The molecule has 1 aromatic rings. The number of aryl methyl sites for hydroxylation is 1. The van der Waals surface area contributed by atoms with Crippen molar-refractivity contribution in [1.82, 2.24) is 0 Å². The van der Waals surface area contributed by atoms with E-state index in [0.717, 1.165) is 11.1 Å². The summed E-state index contributed by atoms with van der Waals surface area (Å²) in [4.78, 5) is 11.7. The van der Waals surface area contributed by atoms with Crippen LogP contribution in [-0.2, 0) is 14.9 Å². The standard InChI is InChI=1S/C13H17NO4/c1-8-4-9(16-2)5-10(17-3)11(8)13(12(14)15)6-18-7-13/h4-5H,6-7H2,1-3H3,(H2,14,15). The second-order valence-electron chi connectivity index (χ2n) is 4.46. The summed E-state index contributed by atoms with van der Waals surface area (Å²) in [5, 5.41) is 0. The minimum absolute atomic E-state index is 0.297. The molecule has 5 nitrogen and oxygen atoms in total. The molecule has 0 bridgehead atoms. The third-order valence-electron chi connectivity index (χ3n) is 3.38. The normalized spacial score (nSPS) is 16.8. The molecule has 1 amide bonds. The Morgan fingerprint density at radius 3 is 2.39 bits per heavy atom. The highest BCUT2D eigenvalue weighted by molar-refractivity contribution is 5.89. The van der Waals surface area contributed by atoms with Crippen LogP contribution in [0.5, 0.6) is 11.5 Å². The molecular formula is C13H17NO4. The van der Waals surface area contributed by atoms with Crippen molar-refractivity contribution in [3.63, 3.8) is 0 Å². The Hall–Kier alpha value is -1.75. The van der Waals surface area contributed by atoms with Crippen LogP contribution in [0.25, 0.3) is 0 Å². The quantitative estimate of drug-likeness (QED) is 0.857. The summed E-state index contributed by atoms with van der Waals surface area (Å²) in [5.74, 6) is 0.905. The number of carbonyl (C=O) groups is 1. The molecule has 1 aliphatic heterocycles. The van der Waals surface area contributed by atoms with Gasteiger partial charge in [0.2, 0.25) is 5.91 Å². The van der Waals surface area contributed by atoms with Gasteiger partial charge in [-0.15, -0.1) is 0 Å². The topological polar surface area (TPSA) is 70.8 Å². The van der Waals surface area contributed by atoms with Gasteiger partial charge < -0.3 is 19.9 Å². The number of rotatable bonds is 4. The van der Waals surface area contributed by atoms with Crippen molar-refractivity contribution in [2.75, 3.05) is 27.4 Å². The summed E-state index contributed by atoms with van der Waals surface area (Å²) in [6, 6.07) is 3.62. The Labute approximate surface area is 106 Å². The molecule has 98 valence electrons. The lowest BCUT2D eigenvalue weighted by Crippen LogP contribution is -2.56. The zero-order valence-corrected chi connectivity index (χ0v) is 10.8. The number of carbonyl (C=O) groups excluding carboxylic acids is 1. The van der Waals surface area contributed by atoms with Crippen LogP contribution < -0.4 is 15.2 Å². The number of nitrogens with two attached hydrogens (primary N) is 1. The highest BCUT2D eigenvalue weighted by Crippen LogP contribution is 2.41. The SMILES string of the molecule is COc1cc(C)c(C2(C(N)=O)COC2)c(OC)c1. The Kier molecular flexibility index (Phi) is 3.17. The summed E-state index contributed by atoms with van der Waals surface area (Å²) < 4.78 is 15.7. The molecule has 1 aliphatic rings. The fourth-order valence-electron chi connectivity index (χ4n) is 2.33. The Morgan fingerprint density at radius 2 is 2.00 bits per heavy atom. The van der Waals surface area contributed by atoms with Crippen molar-refractivity contribution in [2.24, 2.45) is 5.73 Å². The number of hydrogen-bond acceptors (Lipinski definition) is 4. The molecule has 0 saturated carbocycles. The monoisotopic (exact) mass is 251 g/mol. The van der Waals surface area contributed by atoms with Crippen molar-refractivity contribution in [2.45, 2.75) is 12.3 Å². The molecule has 18 heavy (non-hydrogen) atoms. The summed E-state index contributed by atoms with van der Waals surface area (Å²) in [7, 11) is 3.15. The number of amides is 1. The molecule has 1 saturated heterocycles. The van der Waals surface area contributed by atoms with E-state index in [2.05, 4.69) is 0 Å². The minimum atomic E-state index is -0.776. The van der Waals surface area contributed by atoms with Gasteiger partial charge in [0.05, 0.1) is 27.4 Å². The number of ether oxygens (including phenoxy) is 3. The van der Waals surface area contributed by atoms with Crippen LogP contribution in [0.3, 0.4) is 0 Å². The van der Waals surface area contributed by atoms with E-state index in [9.17, 15) is 4.79 Å². The fourth-order valence-corrected chi connectivity index (χ4v) is 2.33. The van der Waals surface area contributed by atoms with Crippen LogP contribution in [0.4, 0.5) is 0 Å². The maximum atomic E-state index is 11.7. The highest BCUT2D eigenvalue weighted by atomic mass is 16.5. The molecular weight excluding hydrogens is 234 g/mol. The molecule has 0 radical (unpaired) electrons. The maximum absolute atomic E-state index is 11.7. The molecule has 0 atom stereocenters. The smallest absolute Gasteiger partial charge is 0.232 e. The molecule has 1 fully saturated rings. The third-order valence-corrected chi connectivity index (χ3v) is 3.38. The molecule has 0 aromatic heterocycles. The van der Waals surface area contributed by atoms with Gasteiger partial charge in [0.1, 0.15) is 16.9 Å². The van der Waals surface area contributed by atoms with Crippen LogP contribution in [0.1, 0.15) is 11.1 Å². The first-order valence-corrected chi connectivity index (χ1v) is 5.66. The second kappa shape index (κ2) is 4.49. The van der Waals surface area contributed by atoms with E-state index in [0.29, 0.717) is 24.7 Å². The molecule has 2 N–H and O–H groups in total. The van der Waals surface area contributed by atoms with E-state index in [1.807, 2.05) is 13.0 Å². The second-order valence-corrected chi connectivity index (χ2v) is 4.46. The van der Waals surface area contributed by atoms with Gasteiger partial charge in [-0.05, 0) is 18.6 Å². The Bertz CT molecular complexity index is 480. The van der Waals surface area contributed by atoms with Crippen LogP contribution in [0, 0.1) is 6.92 Å². The van der Waals surface area contributed by atoms with Crippen LogP contribution in [-0.4, -0.2) is 33.3 Å². The van der Waals surface area contributed by atoms with Gasteiger partial charge >= 0.3 is 0 Å². The largest absolute Gasteiger partial charge is 0.497 e. The van der Waals surface area contributed by atoms with Crippen molar-refractivity contribution in [3.05, 3.63) is 23.3 Å². The van der Waals surface area contributed by atoms with Crippen LogP contribution in [0.2, 0.25) is 0 Å². The molecule has 0 spiro atoms. The number of hydrogen-bond donors (Lipinski definition) is 1. The minimum Gasteiger partial charge on any atom is -0.497 e.